The Hall–Kier alpha value is -0.0800. The third-order valence-electron chi connectivity index (χ3n) is 1.82. The SMILES string of the molecule is CO[C@]1(C)CCNC1. The molecule has 1 fully saturated rings. The molecule has 2 heteroatoms. The lowest BCUT2D eigenvalue weighted by molar-refractivity contribution is 0.0242. The molecular weight excluding hydrogens is 102 g/mol. The molecule has 0 spiro atoms. The van der Waals surface area contributed by atoms with Crippen LogP contribution < -0.4 is 5.32 Å². The van der Waals surface area contributed by atoms with E-state index in [1.807, 2.05) is 0 Å². The van der Waals surface area contributed by atoms with Crippen LogP contribution in [0.25, 0.3) is 0 Å². The Kier molecular flexibility index (Phi) is 1.54. The van der Waals surface area contributed by atoms with Crippen molar-refractivity contribution in [2.75, 3.05) is 20.2 Å². The summed E-state index contributed by atoms with van der Waals surface area (Å²) in [5.74, 6) is 0. The monoisotopic (exact) mass is 115 g/mol. The molecule has 0 aliphatic carbocycles. The molecule has 1 aliphatic heterocycles. The van der Waals surface area contributed by atoms with E-state index < -0.39 is 0 Å². The van der Waals surface area contributed by atoms with Crippen LogP contribution in [0.4, 0.5) is 0 Å². The van der Waals surface area contributed by atoms with E-state index >= 15 is 0 Å². The molecule has 1 saturated heterocycles. The molecule has 0 bridgehead atoms. The predicted molar refractivity (Wildman–Crippen MR) is 32.9 cm³/mol. The van der Waals surface area contributed by atoms with E-state index in [9.17, 15) is 0 Å². The number of ether oxygens (including phenoxy) is 1. The molecule has 1 atom stereocenters. The average molecular weight is 115 g/mol. The van der Waals surface area contributed by atoms with Crippen molar-refractivity contribution < 1.29 is 4.74 Å². The Bertz CT molecular complexity index is 76.6. The zero-order chi connectivity index (χ0) is 6.04. The first-order valence-corrected chi connectivity index (χ1v) is 3.03. The molecule has 8 heavy (non-hydrogen) atoms. The minimum absolute atomic E-state index is 0.125. The normalized spacial score (nSPS) is 38.2. The largest absolute Gasteiger partial charge is 0.377 e. The van der Waals surface area contributed by atoms with Gasteiger partial charge in [0.25, 0.3) is 0 Å². The Morgan fingerprint density at radius 2 is 2.38 bits per heavy atom. The maximum Gasteiger partial charge on any atom is 0.0786 e. The second-order valence-corrected chi connectivity index (χ2v) is 2.58. The minimum atomic E-state index is 0.125. The zero-order valence-corrected chi connectivity index (χ0v) is 5.53. The van der Waals surface area contributed by atoms with Crippen molar-refractivity contribution in [3.8, 4) is 0 Å². The molecular formula is C6H13NO. The standard InChI is InChI=1S/C6H13NO/c1-6(8-2)3-4-7-5-6/h7H,3-5H2,1-2H3/t6-/m1/s1. The van der Waals surface area contributed by atoms with Gasteiger partial charge in [0.1, 0.15) is 0 Å². The molecule has 0 amide bonds. The van der Waals surface area contributed by atoms with E-state index in [-0.39, 0.29) is 5.60 Å². The van der Waals surface area contributed by atoms with Crippen molar-refractivity contribution in [1.82, 2.24) is 5.32 Å². The summed E-state index contributed by atoms with van der Waals surface area (Å²) in [6.45, 7) is 4.24. The lowest BCUT2D eigenvalue weighted by Crippen LogP contribution is -2.29. The smallest absolute Gasteiger partial charge is 0.0786 e. The van der Waals surface area contributed by atoms with E-state index in [2.05, 4.69) is 12.2 Å². The van der Waals surface area contributed by atoms with Crippen LogP contribution in [0.2, 0.25) is 0 Å². The minimum Gasteiger partial charge on any atom is -0.377 e. The van der Waals surface area contributed by atoms with Gasteiger partial charge in [-0.2, -0.15) is 0 Å². The van der Waals surface area contributed by atoms with Crippen LogP contribution >= 0.6 is 0 Å². The topological polar surface area (TPSA) is 21.3 Å². The van der Waals surface area contributed by atoms with E-state index in [1.165, 1.54) is 0 Å². The van der Waals surface area contributed by atoms with Gasteiger partial charge in [-0.3, -0.25) is 0 Å². The molecule has 2 nitrogen and oxygen atoms in total. The molecule has 1 heterocycles. The summed E-state index contributed by atoms with van der Waals surface area (Å²) in [6, 6.07) is 0. The molecule has 0 unspecified atom stereocenters. The number of hydrogen-bond acceptors (Lipinski definition) is 2. The second-order valence-electron chi connectivity index (χ2n) is 2.58. The third kappa shape index (κ3) is 1.01. The van der Waals surface area contributed by atoms with Gasteiger partial charge in [-0.25, -0.2) is 0 Å². The van der Waals surface area contributed by atoms with Gasteiger partial charge in [0.15, 0.2) is 0 Å². The van der Waals surface area contributed by atoms with Gasteiger partial charge in [-0.05, 0) is 19.9 Å². The van der Waals surface area contributed by atoms with Gasteiger partial charge in [0, 0.05) is 13.7 Å². The first-order valence-electron chi connectivity index (χ1n) is 3.03. The Morgan fingerprint density at radius 1 is 1.62 bits per heavy atom. The van der Waals surface area contributed by atoms with Crippen LogP contribution in [0.15, 0.2) is 0 Å². The van der Waals surface area contributed by atoms with Gasteiger partial charge in [-0.15, -0.1) is 0 Å². The van der Waals surface area contributed by atoms with Crippen molar-refractivity contribution in [3.05, 3.63) is 0 Å². The maximum atomic E-state index is 5.24. The summed E-state index contributed by atoms with van der Waals surface area (Å²) in [7, 11) is 1.77. The number of rotatable bonds is 1. The van der Waals surface area contributed by atoms with Gasteiger partial charge in [0.2, 0.25) is 0 Å². The van der Waals surface area contributed by atoms with Gasteiger partial charge in [-0.1, -0.05) is 0 Å². The second kappa shape index (κ2) is 2.03. The number of methoxy groups -OCH3 is 1. The highest BCUT2D eigenvalue weighted by atomic mass is 16.5. The fourth-order valence-electron chi connectivity index (χ4n) is 0.968. The summed E-state index contributed by atoms with van der Waals surface area (Å²) < 4.78 is 5.24. The van der Waals surface area contributed by atoms with Crippen molar-refractivity contribution in [2.24, 2.45) is 0 Å². The van der Waals surface area contributed by atoms with Crippen LogP contribution in [-0.4, -0.2) is 25.8 Å². The van der Waals surface area contributed by atoms with Crippen LogP contribution in [0.1, 0.15) is 13.3 Å². The van der Waals surface area contributed by atoms with Gasteiger partial charge < -0.3 is 10.1 Å². The Morgan fingerprint density at radius 3 is 2.62 bits per heavy atom. The molecule has 1 aliphatic rings. The quantitative estimate of drug-likeness (QED) is 0.533. The molecule has 0 saturated carbocycles. The lowest BCUT2D eigenvalue weighted by Gasteiger charge is -2.19. The molecule has 48 valence electrons. The van der Waals surface area contributed by atoms with Crippen LogP contribution in [0.5, 0.6) is 0 Å². The molecule has 0 radical (unpaired) electrons. The average Bonchev–Trinajstić information content (AvgIpc) is 2.17. The molecule has 0 aromatic rings. The van der Waals surface area contributed by atoms with Crippen LogP contribution in [0, 0.1) is 0 Å². The summed E-state index contributed by atoms with van der Waals surface area (Å²) in [6.07, 6.45) is 1.14. The first kappa shape index (κ1) is 6.05. The predicted octanol–water partition coefficient (Wildman–Crippen LogP) is 0.385. The molecule has 0 aromatic carbocycles. The van der Waals surface area contributed by atoms with Gasteiger partial charge >= 0.3 is 0 Å². The maximum absolute atomic E-state index is 5.24. The Labute approximate surface area is 50.2 Å². The first-order chi connectivity index (χ1) is 3.77. The molecule has 1 rings (SSSR count). The Balaban J connectivity index is 2.40. The van der Waals surface area contributed by atoms with Crippen molar-refractivity contribution in [2.45, 2.75) is 18.9 Å². The summed E-state index contributed by atoms with van der Waals surface area (Å²) in [4.78, 5) is 0. The van der Waals surface area contributed by atoms with Crippen molar-refractivity contribution in [3.63, 3.8) is 0 Å². The summed E-state index contributed by atoms with van der Waals surface area (Å²) in [5.41, 5.74) is 0.125. The highest BCUT2D eigenvalue weighted by Crippen LogP contribution is 2.16. The van der Waals surface area contributed by atoms with E-state index in [0.29, 0.717) is 0 Å². The van der Waals surface area contributed by atoms with Gasteiger partial charge in [0.05, 0.1) is 5.60 Å². The fourth-order valence-corrected chi connectivity index (χ4v) is 0.968. The molecule has 1 N–H and O–H groups in total. The number of hydrogen-bond donors (Lipinski definition) is 1. The fraction of sp³-hybridized carbons (Fsp3) is 1.00. The highest BCUT2D eigenvalue weighted by molar-refractivity contribution is 4.84. The van der Waals surface area contributed by atoms with Crippen LogP contribution in [0.3, 0.4) is 0 Å². The van der Waals surface area contributed by atoms with Crippen LogP contribution in [-0.2, 0) is 4.74 Å². The van der Waals surface area contributed by atoms with E-state index in [4.69, 9.17) is 4.74 Å². The summed E-state index contributed by atoms with van der Waals surface area (Å²) >= 11 is 0. The van der Waals surface area contributed by atoms with E-state index in [0.717, 1.165) is 19.5 Å². The van der Waals surface area contributed by atoms with E-state index in [1.54, 1.807) is 7.11 Å². The molecule has 0 aromatic heterocycles. The number of nitrogens with one attached hydrogen (secondary N) is 1. The zero-order valence-electron chi connectivity index (χ0n) is 5.53. The van der Waals surface area contributed by atoms with Crippen molar-refractivity contribution in [1.29, 1.82) is 0 Å². The highest BCUT2D eigenvalue weighted by Gasteiger charge is 2.27. The lowest BCUT2D eigenvalue weighted by atomic mass is 10.1. The summed E-state index contributed by atoms with van der Waals surface area (Å²) in [5, 5.41) is 3.24. The van der Waals surface area contributed by atoms with Crippen molar-refractivity contribution >= 4 is 0 Å². The third-order valence-corrected chi connectivity index (χ3v) is 1.82.